The third-order valence-electron chi connectivity index (χ3n) is 5.54. The van der Waals surface area contributed by atoms with Crippen LogP contribution in [0.2, 0.25) is 0 Å². The van der Waals surface area contributed by atoms with Gasteiger partial charge in [-0.3, -0.25) is 14.8 Å². The highest BCUT2D eigenvalue weighted by Crippen LogP contribution is 2.28. The van der Waals surface area contributed by atoms with Crippen molar-refractivity contribution in [1.82, 2.24) is 15.1 Å². The molecule has 1 heterocycles. The van der Waals surface area contributed by atoms with E-state index in [1.165, 1.54) is 0 Å². The van der Waals surface area contributed by atoms with Crippen molar-refractivity contribution in [3.05, 3.63) is 70.5 Å². The van der Waals surface area contributed by atoms with Crippen molar-refractivity contribution in [1.29, 1.82) is 0 Å². The lowest BCUT2D eigenvalue weighted by Crippen LogP contribution is -2.36. The van der Waals surface area contributed by atoms with Crippen LogP contribution in [-0.2, 0) is 13.1 Å². The van der Waals surface area contributed by atoms with Gasteiger partial charge in [-0.25, -0.2) is 4.99 Å². The van der Waals surface area contributed by atoms with E-state index in [1.807, 2.05) is 63.6 Å². The van der Waals surface area contributed by atoms with Crippen molar-refractivity contribution in [2.45, 2.75) is 54.6 Å². The molecule has 8 heteroatoms. The lowest BCUT2D eigenvalue weighted by atomic mass is 10.2. The summed E-state index contributed by atoms with van der Waals surface area (Å²) in [7, 11) is 0. The number of aryl methyl sites for hydroxylation is 3. The summed E-state index contributed by atoms with van der Waals surface area (Å²) in [6, 6.07) is 13.1. The monoisotopic (exact) mass is 477 g/mol. The van der Waals surface area contributed by atoms with E-state index in [0.29, 0.717) is 42.8 Å². The zero-order valence-electron chi connectivity index (χ0n) is 21.4. The Labute approximate surface area is 207 Å². The van der Waals surface area contributed by atoms with Gasteiger partial charge in [0.25, 0.3) is 5.91 Å². The number of hydrogen-bond donors (Lipinski definition) is 2. The van der Waals surface area contributed by atoms with Crippen molar-refractivity contribution >= 4 is 17.6 Å². The van der Waals surface area contributed by atoms with E-state index in [-0.39, 0.29) is 5.91 Å². The van der Waals surface area contributed by atoms with Crippen LogP contribution in [-0.4, -0.2) is 34.9 Å². The highest BCUT2D eigenvalue weighted by molar-refractivity contribution is 6.10. The van der Waals surface area contributed by atoms with Gasteiger partial charge in [-0.15, -0.1) is 0 Å². The third-order valence-corrected chi connectivity index (χ3v) is 5.54. The SMILES string of the molecule is CCOc1ccc(C(=O)NC(=NCc2c(C)nn(CC)c2C)Nc2cccc(C)c2)cc1OCC. The molecule has 1 aromatic heterocycles. The minimum absolute atomic E-state index is 0.300. The second-order valence-electron chi connectivity index (χ2n) is 8.11. The quantitative estimate of drug-likeness (QED) is 0.333. The normalized spacial score (nSPS) is 11.3. The van der Waals surface area contributed by atoms with Crippen LogP contribution in [0, 0.1) is 20.8 Å². The van der Waals surface area contributed by atoms with Gasteiger partial charge >= 0.3 is 0 Å². The molecule has 0 unspecified atom stereocenters. The standard InChI is InChI=1S/C27H35N5O3/c1-7-32-20(6)23(19(5)31-32)17-28-27(29-22-12-10-11-18(4)15-22)30-26(33)21-13-14-24(34-8-2)25(16-21)35-9-3/h10-16H,7-9,17H2,1-6H3,(H2,28,29,30,33). The topological polar surface area (TPSA) is 89.8 Å². The number of aliphatic imine (C=N–C) groups is 1. The molecular weight excluding hydrogens is 442 g/mol. The first-order valence-corrected chi connectivity index (χ1v) is 12.0. The molecule has 0 aliphatic carbocycles. The van der Waals surface area contributed by atoms with Crippen LogP contribution in [0.25, 0.3) is 0 Å². The van der Waals surface area contributed by atoms with Crippen LogP contribution in [0.5, 0.6) is 11.5 Å². The van der Waals surface area contributed by atoms with Crippen LogP contribution in [0.15, 0.2) is 47.5 Å². The smallest absolute Gasteiger partial charge is 0.258 e. The summed E-state index contributed by atoms with van der Waals surface area (Å²) in [6.45, 7) is 14.1. The molecular formula is C27H35N5O3. The fourth-order valence-corrected chi connectivity index (χ4v) is 3.77. The van der Waals surface area contributed by atoms with Crippen molar-refractivity contribution < 1.29 is 14.3 Å². The minimum atomic E-state index is -0.300. The van der Waals surface area contributed by atoms with E-state index in [0.717, 1.165) is 34.7 Å². The van der Waals surface area contributed by atoms with Crippen molar-refractivity contribution in [3.63, 3.8) is 0 Å². The zero-order valence-corrected chi connectivity index (χ0v) is 21.4. The van der Waals surface area contributed by atoms with Gasteiger partial charge in [0.1, 0.15) is 0 Å². The van der Waals surface area contributed by atoms with E-state index >= 15 is 0 Å². The molecule has 186 valence electrons. The van der Waals surface area contributed by atoms with Crippen LogP contribution >= 0.6 is 0 Å². The van der Waals surface area contributed by atoms with Crippen molar-refractivity contribution in [2.75, 3.05) is 18.5 Å². The first kappa shape index (κ1) is 25.8. The first-order chi connectivity index (χ1) is 16.9. The Bertz CT molecular complexity index is 1200. The number of hydrogen-bond acceptors (Lipinski definition) is 5. The van der Waals surface area contributed by atoms with E-state index in [4.69, 9.17) is 14.5 Å². The van der Waals surface area contributed by atoms with Crippen LogP contribution in [0.3, 0.4) is 0 Å². The van der Waals surface area contributed by atoms with Gasteiger partial charge in [0.15, 0.2) is 11.5 Å². The summed E-state index contributed by atoms with van der Waals surface area (Å²) in [4.78, 5) is 17.9. The number of guanidine groups is 1. The summed E-state index contributed by atoms with van der Waals surface area (Å²) >= 11 is 0. The van der Waals surface area contributed by atoms with Gasteiger partial charge in [0.05, 0.1) is 25.5 Å². The number of ether oxygens (including phenoxy) is 2. The van der Waals surface area contributed by atoms with Gasteiger partial charge in [-0.2, -0.15) is 5.10 Å². The summed E-state index contributed by atoms with van der Waals surface area (Å²) in [5, 5.41) is 10.8. The van der Waals surface area contributed by atoms with Crippen molar-refractivity contribution in [2.24, 2.45) is 4.99 Å². The van der Waals surface area contributed by atoms with E-state index in [9.17, 15) is 4.79 Å². The molecule has 35 heavy (non-hydrogen) atoms. The fourth-order valence-electron chi connectivity index (χ4n) is 3.77. The maximum absolute atomic E-state index is 13.2. The Hall–Kier alpha value is -3.81. The maximum Gasteiger partial charge on any atom is 0.258 e. The van der Waals surface area contributed by atoms with Gasteiger partial charge in [0, 0.05) is 29.1 Å². The number of anilines is 1. The number of rotatable bonds is 9. The molecule has 8 nitrogen and oxygen atoms in total. The maximum atomic E-state index is 13.2. The van der Waals surface area contributed by atoms with Crippen LogP contribution in [0.1, 0.15) is 53.6 Å². The molecule has 1 amide bonds. The minimum Gasteiger partial charge on any atom is -0.490 e. The highest BCUT2D eigenvalue weighted by Gasteiger charge is 2.15. The molecule has 0 aliphatic rings. The lowest BCUT2D eigenvalue weighted by molar-refractivity contribution is 0.0976. The number of carbonyl (C=O) groups is 1. The number of nitrogens with zero attached hydrogens (tertiary/aromatic N) is 3. The molecule has 0 radical (unpaired) electrons. The lowest BCUT2D eigenvalue weighted by Gasteiger charge is -2.14. The third kappa shape index (κ3) is 6.62. The summed E-state index contributed by atoms with van der Waals surface area (Å²) in [5.74, 6) is 1.20. The Morgan fingerprint density at radius 1 is 1.00 bits per heavy atom. The second kappa shape index (κ2) is 12.1. The number of benzene rings is 2. The molecule has 3 rings (SSSR count). The molecule has 0 saturated heterocycles. The van der Waals surface area contributed by atoms with Crippen LogP contribution in [0.4, 0.5) is 5.69 Å². The Balaban J connectivity index is 1.89. The summed E-state index contributed by atoms with van der Waals surface area (Å²) < 4.78 is 13.3. The second-order valence-corrected chi connectivity index (χ2v) is 8.11. The van der Waals surface area contributed by atoms with Gasteiger partial charge in [0.2, 0.25) is 5.96 Å². The Morgan fingerprint density at radius 2 is 1.74 bits per heavy atom. The molecule has 0 saturated carbocycles. The molecule has 2 N–H and O–H groups in total. The molecule has 2 aromatic carbocycles. The Kier molecular flexibility index (Phi) is 8.89. The number of aromatic nitrogens is 2. The molecule has 0 atom stereocenters. The number of nitrogens with one attached hydrogen (secondary N) is 2. The predicted octanol–water partition coefficient (Wildman–Crippen LogP) is 5.02. The highest BCUT2D eigenvalue weighted by atomic mass is 16.5. The average molecular weight is 478 g/mol. The summed E-state index contributed by atoms with van der Waals surface area (Å²) in [6.07, 6.45) is 0. The van der Waals surface area contributed by atoms with Gasteiger partial charge in [-0.05, 0) is 77.4 Å². The average Bonchev–Trinajstić information content (AvgIpc) is 3.11. The van der Waals surface area contributed by atoms with E-state index in [1.54, 1.807) is 18.2 Å². The molecule has 0 fully saturated rings. The molecule has 0 bridgehead atoms. The predicted molar refractivity (Wildman–Crippen MR) is 140 cm³/mol. The molecule has 0 aliphatic heterocycles. The summed E-state index contributed by atoms with van der Waals surface area (Å²) in [5.41, 5.74) is 5.43. The Morgan fingerprint density at radius 3 is 2.40 bits per heavy atom. The molecule has 3 aromatic rings. The van der Waals surface area contributed by atoms with Gasteiger partial charge in [-0.1, -0.05) is 12.1 Å². The number of carbonyl (C=O) groups excluding carboxylic acids is 1. The first-order valence-electron chi connectivity index (χ1n) is 12.0. The fraction of sp³-hybridized carbons (Fsp3) is 0.370. The van der Waals surface area contributed by atoms with Gasteiger partial charge < -0.3 is 14.8 Å². The largest absolute Gasteiger partial charge is 0.490 e. The molecule has 0 spiro atoms. The zero-order chi connectivity index (χ0) is 25.4. The number of amides is 1. The van der Waals surface area contributed by atoms with Crippen LogP contribution < -0.4 is 20.1 Å². The van der Waals surface area contributed by atoms with Crippen molar-refractivity contribution in [3.8, 4) is 11.5 Å². The van der Waals surface area contributed by atoms with E-state index in [2.05, 4.69) is 22.7 Å². The van der Waals surface area contributed by atoms with E-state index < -0.39 is 0 Å².